The minimum absolute atomic E-state index is 0.382. The Labute approximate surface area is 102 Å². The van der Waals surface area contributed by atoms with Crippen LogP contribution < -0.4 is 10.1 Å². The molecule has 17 heavy (non-hydrogen) atoms. The molecule has 1 fully saturated rings. The van der Waals surface area contributed by atoms with Crippen LogP contribution in [0.5, 0.6) is 5.75 Å². The van der Waals surface area contributed by atoms with Gasteiger partial charge in [-0.15, -0.1) is 0 Å². The number of pyridine rings is 1. The summed E-state index contributed by atoms with van der Waals surface area (Å²) in [7, 11) is 0. The normalized spacial score (nSPS) is 16.2. The van der Waals surface area contributed by atoms with Gasteiger partial charge >= 0.3 is 0 Å². The lowest BCUT2D eigenvalue weighted by molar-refractivity contribution is 0.251. The Morgan fingerprint density at radius 2 is 2.41 bits per heavy atom. The summed E-state index contributed by atoms with van der Waals surface area (Å²) in [6.07, 6.45) is 4.54. The summed E-state index contributed by atoms with van der Waals surface area (Å²) in [4.78, 5) is 4.30. The Balaban J connectivity index is 1.85. The van der Waals surface area contributed by atoms with Crippen molar-refractivity contribution in [2.75, 3.05) is 0 Å². The van der Waals surface area contributed by atoms with E-state index in [-0.39, 0.29) is 6.10 Å². The third-order valence-electron chi connectivity index (χ3n) is 2.74. The fourth-order valence-electron chi connectivity index (χ4n) is 1.49. The molecule has 1 aliphatic carbocycles. The van der Waals surface area contributed by atoms with Gasteiger partial charge in [-0.25, -0.2) is 0 Å². The minimum Gasteiger partial charge on any atom is -0.474 e. The van der Waals surface area contributed by atoms with Crippen molar-refractivity contribution >= 4 is 0 Å². The van der Waals surface area contributed by atoms with Crippen molar-refractivity contribution in [3.8, 4) is 11.8 Å². The Morgan fingerprint density at radius 3 is 2.94 bits per heavy atom. The van der Waals surface area contributed by atoms with Crippen molar-refractivity contribution in [1.82, 2.24) is 10.3 Å². The molecule has 0 spiro atoms. The molecular formula is C13H17N3O. The molecule has 1 N–H and O–H groups in total. The van der Waals surface area contributed by atoms with Crippen LogP contribution in [0.3, 0.4) is 0 Å². The van der Waals surface area contributed by atoms with Crippen molar-refractivity contribution < 1.29 is 4.74 Å². The van der Waals surface area contributed by atoms with E-state index in [1.165, 1.54) is 12.8 Å². The number of hydrogen-bond donors (Lipinski definition) is 1. The van der Waals surface area contributed by atoms with E-state index in [1.807, 2.05) is 19.1 Å². The lowest BCUT2D eigenvalue weighted by atomic mass is 10.3. The van der Waals surface area contributed by atoms with E-state index in [2.05, 4.69) is 16.4 Å². The Bertz CT molecular complexity index is 392. The van der Waals surface area contributed by atoms with Crippen LogP contribution in [0, 0.1) is 11.3 Å². The fourth-order valence-corrected chi connectivity index (χ4v) is 1.49. The predicted octanol–water partition coefficient (Wildman–Crippen LogP) is 2.01. The molecule has 0 aromatic carbocycles. The zero-order valence-electron chi connectivity index (χ0n) is 10.0. The van der Waals surface area contributed by atoms with Crippen molar-refractivity contribution in [3.63, 3.8) is 0 Å². The number of nitriles is 1. The number of aromatic nitrogens is 1. The lowest BCUT2D eigenvalue weighted by Crippen LogP contribution is -2.16. The molecule has 4 heteroatoms. The van der Waals surface area contributed by atoms with Gasteiger partial charge in [0.2, 0.25) is 0 Å². The Morgan fingerprint density at radius 1 is 1.59 bits per heavy atom. The number of nitrogens with one attached hydrogen (secondary N) is 1. The van der Waals surface area contributed by atoms with Gasteiger partial charge in [-0.05, 0) is 31.4 Å². The molecular weight excluding hydrogens is 214 g/mol. The highest BCUT2D eigenvalue weighted by Crippen LogP contribution is 2.19. The van der Waals surface area contributed by atoms with E-state index < -0.39 is 0 Å². The molecule has 0 radical (unpaired) electrons. The van der Waals surface area contributed by atoms with Crippen LogP contribution in [-0.4, -0.2) is 17.1 Å². The van der Waals surface area contributed by atoms with Crippen LogP contribution in [0.1, 0.15) is 31.9 Å². The molecule has 2 rings (SSSR count). The van der Waals surface area contributed by atoms with Gasteiger partial charge in [0, 0.05) is 12.6 Å². The van der Waals surface area contributed by atoms with Crippen molar-refractivity contribution in [1.29, 1.82) is 5.26 Å². The van der Waals surface area contributed by atoms with Crippen molar-refractivity contribution in [3.05, 3.63) is 24.0 Å². The van der Waals surface area contributed by atoms with Gasteiger partial charge in [-0.2, -0.15) is 5.26 Å². The zero-order chi connectivity index (χ0) is 12.1. The van der Waals surface area contributed by atoms with Gasteiger partial charge in [0.05, 0.1) is 11.9 Å². The second kappa shape index (κ2) is 5.65. The summed E-state index contributed by atoms with van der Waals surface area (Å²) in [5.74, 6) is 0.661. The highest BCUT2D eigenvalue weighted by Gasteiger charge is 2.20. The number of hydrogen-bond acceptors (Lipinski definition) is 4. The van der Waals surface area contributed by atoms with Crippen LogP contribution in [0.4, 0.5) is 0 Å². The maximum absolute atomic E-state index is 8.79. The Hall–Kier alpha value is -1.60. The molecule has 1 aromatic rings. The third-order valence-corrected chi connectivity index (χ3v) is 2.74. The maximum atomic E-state index is 8.79. The summed E-state index contributed by atoms with van der Waals surface area (Å²) in [5.41, 5.74) is 1.01. The van der Waals surface area contributed by atoms with Crippen molar-refractivity contribution in [2.24, 2.45) is 0 Å². The molecule has 0 aliphatic heterocycles. The second-order valence-corrected chi connectivity index (χ2v) is 4.28. The molecule has 1 saturated carbocycles. The largest absolute Gasteiger partial charge is 0.474 e. The molecule has 4 nitrogen and oxygen atoms in total. The van der Waals surface area contributed by atoms with Crippen LogP contribution in [0.2, 0.25) is 0 Å². The van der Waals surface area contributed by atoms with Crippen molar-refractivity contribution in [2.45, 2.75) is 44.9 Å². The second-order valence-electron chi connectivity index (χ2n) is 4.28. The first-order valence-electron chi connectivity index (χ1n) is 6.06. The van der Waals surface area contributed by atoms with Gasteiger partial charge in [-0.1, -0.05) is 6.92 Å². The molecule has 1 unspecified atom stereocenters. The molecule has 0 amide bonds. The summed E-state index contributed by atoms with van der Waals surface area (Å²) in [5, 5.41) is 12.2. The number of rotatable bonds is 6. The van der Waals surface area contributed by atoms with Gasteiger partial charge in [0.1, 0.15) is 11.8 Å². The molecule has 0 bridgehead atoms. The molecule has 1 aliphatic rings. The van der Waals surface area contributed by atoms with E-state index in [9.17, 15) is 0 Å². The first-order chi connectivity index (χ1) is 8.31. The first-order valence-corrected chi connectivity index (χ1v) is 6.06. The maximum Gasteiger partial charge on any atom is 0.184 e. The standard InChI is InChI=1S/C13H17N3O/c1-2-12(7-14)17-13-6-5-11(16-9-13)8-15-10-3-4-10/h5-6,9-10,12,15H,2-4,8H2,1H3. The number of nitrogens with zero attached hydrogens (tertiary/aromatic N) is 2. The average molecular weight is 231 g/mol. The third kappa shape index (κ3) is 3.72. The molecule has 1 aromatic heterocycles. The topological polar surface area (TPSA) is 57.9 Å². The van der Waals surface area contributed by atoms with E-state index in [0.29, 0.717) is 18.2 Å². The van der Waals surface area contributed by atoms with Crippen LogP contribution in [0.25, 0.3) is 0 Å². The summed E-state index contributed by atoms with van der Waals surface area (Å²) in [6.45, 7) is 2.73. The van der Waals surface area contributed by atoms with Crippen LogP contribution >= 0.6 is 0 Å². The SMILES string of the molecule is CCC(C#N)Oc1ccc(CNC2CC2)nc1. The quantitative estimate of drug-likeness (QED) is 0.813. The molecule has 0 saturated heterocycles. The van der Waals surface area contributed by atoms with E-state index in [0.717, 1.165) is 12.2 Å². The minimum atomic E-state index is -0.382. The van der Waals surface area contributed by atoms with E-state index >= 15 is 0 Å². The van der Waals surface area contributed by atoms with Gasteiger partial charge in [0.15, 0.2) is 6.10 Å². The van der Waals surface area contributed by atoms with E-state index in [4.69, 9.17) is 10.00 Å². The highest BCUT2D eigenvalue weighted by molar-refractivity contribution is 5.21. The highest BCUT2D eigenvalue weighted by atomic mass is 16.5. The summed E-state index contributed by atoms with van der Waals surface area (Å²) < 4.78 is 5.46. The lowest BCUT2D eigenvalue weighted by Gasteiger charge is -2.10. The molecule has 1 heterocycles. The van der Waals surface area contributed by atoms with Gasteiger partial charge < -0.3 is 10.1 Å². The van der Waals surface area contributed by atoms with E-state index in [1.54, 1.807) is 6.20 Å². The van der Waals surface area contributed by atoms with Crippen LogP contribution in [-0.2, 0) is 6.54 Å². The monoisotopic (exact) mass is 231 g/mol. The van der Waals surface area contributed by atoms with Gasteiger partial charge in [-0.3, -0.25) is 4.98 Å². The smallest absolute Gasteiger partial charge is 0.184 e. The zero-order valence-corrected chi connectivity index (χ0v) is 10.0. The van der Waals surface area contributed by atoms with Crippen LogP contribution in [0.15, 0.2) is 18.3 Å². The summed E-state index contributed by atoms with van der Waals surface area (Å²) >= 11 is 0. The Kier molecular flexibility index (Phi) is 3.94. The first kappa shape index (κ1) is 11.9. The fraction of sp³-hybridized carbons (Fsp3) is 0.538. The van der Waals surface area contributed by atoms with Gasteiger partial charge in [0.25, 0.3) is 0 Å². The number of ether oxygens (including phenoxy) is 1. The summed E-state index contributed by atoms with van der Waals surface area (Å²) in [6, 6.07) is 6.60. The molecule has 90 valence electrons. The molecule has 1 atom stereocenters. The predicted molar refractivity (Wildman–Crippen MR) is 64.4 cm³/mol. The average Bonchev–Trinajstić information content (AvgIpc) is 3.19.